The zero-order valence-electron chi connectivity index (χ0n) is 21.5. The number of nitrogens with one attached hydrogen (secondary N) is 2. The molecule has 0 spiro atoms. The van der Waals surface area contributed by atoms with E-state index in [9.17, 15) is 22.8 Å². The van der Waals surface area contributed by atoms with Crippen LogP contribution in [0.4, 0.5) is 19.0 Å². The third kappa shape index (κ3) is 8.29. The maximum absolute atomic E-state index is 12.8. The van der Waals surface area contributed by atoms with Crippen molar-refractivity contribution in [2.75, 3.05) is 18.5 Å². The number of amides is 1. The van der Waals surface area contributed by atoms with Crippen LogP contribution in [0.15, 0.2) is 60.9 Å². The van der Waals surface area contributed by atoms with Gasteiger partial charge in [-0.15, -0.1) is 0 Å². The fourth-order valence-corrected chi connectivity index (χ4v) is 3.77. The predicted octanol–water partition coefficient (Wildman–Crippen LogP) is 6.04. The van der Waals surface area contributed by atoms with Crippen molar-refractivity contribution in [3.8, 4) is 11.3 Å². The van der Waals surface area contributed by atoms with Gasteiger partial charge in [0, 0.05) is 24.5 Å². The second-order valence-corrected chi connectivity index (χ2v) is 9.12. The summed E-state index contributed by atoms with van der Waals surface area (Å²) in [7, 11) is 0. The number of nitrogens with zero attached hydrogens (tertiary/aromatic N) is 2. The van der Waals surface area contributed by atoms with Crippen LogP contribution in [0.2, 0.25) is 0 Å². The van der Waals surface area contributed by atoms with Gasteiger partial charge in [-0.3, -0.25) is 14.6 Å². The summed E-state index contributed by atoms with van der Waals surface area (Å²) in [6, 6.07) is 13.2. The number of ether oxygens (including phenoxy) is 1. The van der Waals surface area contributed by atoms with E-state index in [1.807, 2.05) is 24.3 Å². The minimum absolute atomic E-state index is 0.0821. The smallest absolute Gasteiger partial charge is 0.417 e. The van der Waals surface area contributed by atoms with Gasteiger partial charge in [0.2, 0.25) is 0 Å². The summed E-state index contributed by atoms with van der Waals surface area (Å²) in [5.74, 6) is 0.255. The van der Waals surface area contributed by atoms with E-state index >= 15 is 0 Å². The molecular formula is C28H31F3N4O3. The molecule has 0 unspecified atom stereocenters. The Bertz CT molecular complexity index is 1200. The van der Waals surface area contributed by atoms with Gasteiger partial charge in [-0.2, -0.15) is 13.2 Å². The normalized spacial score (nSPS) is 12.2. The minimum atomic E-state index is -4.43. The lowest BCUT2D eigenvalue weighted by molar-refractivity contribution is -0.143. The molecule has 0 aliphatic rings. The summed E-state index contributed by atoms with van der Waals surface area (Å²) in [5.41, 5.74) is 1.73. The summed E-state index contributed by atoms with van der Waals surface area (Å²) in [6.45, 7) is 6.40. The van der Waals surface area contributed by atoms with E-state index < -0.39 is 11.7 Å². The standard InChI is InChI=1S/C28H31F3N4O3/c1-4-38-26(36)13-14-32-27(37)21-9-12-25(34-16-21)35-24(15-18(2)3)20-7-5-19(6-8-20)23-11-10-22(17-33-23)28(29,30)31/h5-12,16-18,24H,4,13-15H2,1-3H3,(H,32,37)(H,34,35)/t24-/m0/s1. The number of hydrogen-bond donors (Lipinski definition) is 2. The molecule has 1 aromatic carbocycles. The maximum atomic E-state index is 12.8. The lowest BCUT2D eigenvalue weighted by atomic mass is 9.95. The summed E-state index contributed by atoms with van der Waals surface area (Å²) in [4.78, 5) is 32.1. The van der Waals surface area contributed by atoms with Crippen molar-refractivity contribution < 1.29 is 27.5 Å². The van der Waals surface area contributed by atoms with Crippen molar-refractivity contribution in [3.05, 3.63) is 77.6 Å². The Kier molecular flexibility index (Phi) is 9.81. The van der Waals surface area contributed by atoms with Crippen LogP contribution >= 0.6 is 0 Å². The van der Waals surface area contributed by atoms with E-state index in [1.165, 1.54) is 12.3 Å². The highest BCUT2D eigenvalue weighted by molar-refractivity contribution is 5.94. The first-order valence-corrected chi connectivity index (χ1v) is 12.4. The van der Waals surface area contributed by atoms with Crippen molar-refractivity contribution in [2.24, 2.45) is 5.92 Å². The highest BCUT2D eigenvalue weighted by Gasteiger charge is 2.30. The summed E-state index contributed by atoms with van der Waals surface area (Å²) < 4.78 is 43.3. The van der Waals surface area contributed by atoms with Gasteiger partial charge in [-0.25, -0.2) is 4.98 Å². The van der Waals surface area contributed by atoms with Gasteiger partial charge in [0.05, 0.1) is 35.9 Å². The van der Waals surface area contributed by atoms with Crippen LogP contribution in [-0.4, -0.2) is 35.0 Å². The maximum Gasteiger partial charge on any atom is 0.417 e. The number of halogens is 3. The lowest BCUT2D eigenvalue weighted by Crippen LogP contribution is -2.26. The highest BCUT2D eigenvalue weighted by atomic mass is 19.4. The number of carbonyl (C=O) groups excluding carboxylic acids is 2. The predicted molar refractivity (Wildman–Crippen MR) is 138 cm³/mol. The molecule has 2 heterocycles. The molecule has 0 aliphatic carbocycles. The van der Waals surface area contributed by atoms with E-state index in [0.29, 0.717) is 35.2 Å². The topological polar surface area (TPSA) is 93.2 Å². The first-order chi connectivity index (χ1) is 18.1. The number of rotatable bonds is 11. The quantitative estimate of drug-likeness (QED) is 0.295. The van der Waals surface area contributed by atoms with E-state index in [1.54, 1.807) is 19.1 Å². The molecule has 2 N–H and O–H groups in total. The molecule has 7 nitrogen and oxygen atoms in total. The van der Waals surface area contributed by atoms with Gasteiger partial charge in [-0.05, 0) is 49.1 Å². The van der Waals surface area contributed by atoms with Crippen molar-refractivity contribution in [1.29, 1.82) is 0 Å². The molecule has 1 atom stereocenters. The molecule has 0 saturated heterocycles. The van der Waals surface area contributed by atoms with Crippen molar-refractivity contribution in [3.63, 3.8) is 0 Å². The Morgan fingerprint density at radius 2 is 1.71 bits per heavy atom. The molecule has 10 heteroatoms. The number of esters is 1. The number of alkyl halides is 3. The van der Waals surface area contributed by atoms with E-state index in [4.69, 9.17) is 4.74 Å². The molecule has 0 bridgehead atoms. The zero-order chi connectivity index (χ0) is 27.7. The first-order valence-electron chi connectivity index (χ1n) is 12.4. The van der Waals surface area contributed by atoms with Crippen LogP contribution in [0.5, 0.6) is 0 Å². The lowest BCUT2D eigenvalue weighted by Gasteiger charge is -2.22. The van der Waals surface area contributed by atoms with Gasteiger partial charge < -0.3 is 15.4 Å². The second kappa shape index (κ2) is 13.0. The second-order valence-electron chi connectivity index (χ2n) is 9.12. The summed E-state index contributed by atoms with van der Waals surface area (Å²) in [5, 5.41) is 6.07. The highest BCUT2D eigenvalue weighted by Crippen LogP contribution is 2.31. The average Bonchev–Trinajstić information content (AvgIpc) is 2.88. The fourth-order valence-electron chi connectivity index (χ4n) is 3.77. The molecule has 0 radical (unpaired) electrons. The largest absolute Gasteiger partial charge is 0.466 e. The van der Waals surface area contributed by atoms with Crippen molar-refractivity contribution in [2.45, 2.75) is 45.8 Å². The zero-order valence-corrected chi connectivity index (χ0v) is 21.5. The van der Waals surface area contributed by atoms with Crippen LogP contribution in [0.1, 0.15) is 61.1 Å². The van der Waals surface area contributed by atoms with Gasteiger partial charge >= 0.3 is 12.1 Å². The molecule has 0 aliphatic heterocycles. The number of anilines is 1. The number of aromatic nitrogens is 2. The van der Waals surface area contributed by atoms with Crippen LogP contribution in [-0.2, 0) is 15.7 Å². The van der Waals surface area contributed by atoms with Gasteiger partial charge in [0.1, 0.15) is 5.82 Å². The number of pyridine rings is 2. The molecule has 202 valence electrons. The van der Waals surface area contributed by atoms with Crippen LogP contribution in [0, 0.1) is 5.92 Å². The monoisotopic (exact) mass is 528 g/mol. The van der Waals surface area contributed by atoms with Gasteiger partial charge in [0.25, 0.3) is 5.91 Å². The Balaban J connectivity index is 1.66. The third-order valence-corrected chi connectivity index (χ3v) is 5.67. The molecule has 0 fully saturated rings. The molecular weight excluding hydrogens is 497 g/mol. The molecule has 2 aromatic heterocycles. The molecule has 3 rings (SSSR count). The summed E-state index contributed by atoms with van der Waals surface area (Å²) in [6.07, 6.45) is -1.23. The van der Waals surface area contributed by atoms with E-state index in [-0.39, 0.29) is 30.9 Å². The third-order valence-electron chi connectivity index (χ3n) is 5.67. The van der Waals surface area contributed by atoms with Gasteiger partial charge in [0.15, 0.2) is 0 Å². The van der Waals surface area contributed by atoms with E-state index in [2.05, 4.69) is 34.4 Å². The SMILES string of the molecule is CCOC(=O)CCNC(=O)c1ccc(N[C@@H](CC(C)C)c2ccc(-c3ccc(C(F)(F)F)cn3)cc2)nc1. The number of hydrogen-bond acceptors (Lipinski definition) is 6. The molecule has 3 aromatic rings. The van der Waals surface area contributed by atoms with Crippen LogP contribution in [0.25, 0.3) is 11.3 Å². The van der Waals surface area contributed by atoms with E-state index in [0.717, 1.165) is 24.2 Å². The Morgan fingerprint density at radius 1 is 0.974 bits per heavy atom. The van der Waals surface area contributed by atoms with Crippen molar-refractivity contribution >= 4 is 17.7 Å². The molecule has 0 saturated carbocycles. The van der Waals surface area contributed by atoms with Crippen LogP contribution in [0.3, 0.4) is 0 Å². The van der Waals surface area contributed by atoms with Crippen LogP contribution < -0.4 is 10.6 Å². The molecule has 38 heavy (non-hydrogen) atoms. The Morgan fingerprint density at radius 3 is 2.26 bits per heavy atom. The number of carbonyl (C=O) groups is 2. The first kappa shape index (κ1) is 28.6. The van der Waals surface area contributed by atoms with Crippen molar-refractivity contribution in [1.82, 2.24) is 15.3 Å². The Labute approximate surface area is 219 Å². The fraction of sp³-hybridized carbons (Fsp3) is 0.357. The minimum Gasteiger partial charge on any atom is -0.466 e. The molecule has 1 amide bonds. The Hall–Kier alpha value is -3.95. The number of benzene rings is 1. The average molecular weight is 529 g/mol. The summed E-state index contributed by atoms with van der Waals surface area (Å²) >= 11 is 0. The van der Waals surface area contributed by atoms with Gasteiger partial charge in [-0.1, -0.05) is 38.1 Å².